The minimum absolute atomic E-state index is 0.0269. The molecule has 1 spiro atoms. The molecule has 7 rings (SSSR count). The first kappa shape index (κ1) is 17.4. The molecule has 1 aliphatic heterocycles. The minimum Gasteiger partial charge on any atom is -0.489 e. The first-order valence-corrected chi connectivity index (χ1v) is 11.3. The van der Waals surface area contributed by atoms with Crippen molar-refractivity contribution in [2.75, 3.05) is 0 Å². The third-order valence-corrected chi connectivity index (χ3v) is 7.66. The smallest absolute Gasteiger partial charge is 0.124 e. The lowest BCUT2D eigenvalue weighted by Gasteiger charge is -2.29. The minimum atomic E-state index is 0.0269. The maximum absolute atomic E-state index is 6.60. The van der Waals surface area contributed by atoms with Crippen molar-refractivity contribution in [3.63, 3.8) is 0 Å². The predicted molar refractivity (Wildman–Crippen MR) is 123 cm³/mol. The van der Waals surface area contributed by atoms with Gasteiger partial charge in [0.1, 0.15) is 24.7 Å². The maximum Gasteiger partial charge on any atom is 0.124 e. The summed E-state index contributed by atoms with van der Waals surface area (Å²) < 4.78 is 13.2. The van der Waals surface area contributed by atoms with Crippen LogP contribution in [0.4, 0.5) is 0 Å². The van der Waals surface area contributed by atoms with Crippen molar-refractivity contribution in [2.45, 2.75) is 44.3 Å². The molecule has 31 heavy (non-hydrogen) atoms. The molecule has 0 saturated heterocycles. The SMILES string of the molecule is c1cc2c3c(c1)OCc1cc4ccccc4cc1COc1cccc4c1C3(CC2)CC4. The van der Waals surface area contributed by atoms with Crippen molar-refractivity contribution in [3.05, 3.63) is 106 Å². The molecule has 0 amide bonds. The van der Waals surface area contributed by atoms with Gasteiger partial charge in [-0.2, -0.15) is 0 Å². The van der Waals surface area contributed by atoms with Gasteiger partial charge in [0.25, 0.3) is 0 Å². The third-order valence-electron chi connectivity index (χ3n) is 7.66. The Morgan fingerprint density at radius 2 is 1.06 bits per heavy atom. The van der Waals surface area contributed by atoms with Gasteiger partial charge >= 0.3 is 0 Å². The number of hydrogen-bond acceptors (Lipinski definition) is 2. The van der Waals surface area contributed by atoms with Crippen LogP contribution in [0.15, 0.2) is 72.8 Å². The Hall–Kier alpha value is -3.26. The summed E-state index contributed by atoms with van der Waals surface area (Å²) in [7, 11) is 0. The average molecular weight is 405 g/mol. The van der Waals surface area contributed by atoms with E-state index in [0.29, 0.717) is 13.2 Å². The molecule has 0 atom stereocenters. The van der Waals surface area contributed by atoms with Gasteiger partial charge in [-0.25, -0.2) is 0 Å². The summed E-state index contributed by atoms with van der Waals surface area (Å²) >= 11 is 0. The van der Waals surface area contributed by atoms with Crippen LogP contribution < -0.4 is 9.47 Å². The highest BCUT2D eigenvalue weighted by Gasteiger charge is 2.48. The van der Waals surface area contributed by atoms with E-state index < -0.39 is 0 Å². The summed E-state index contributed by atoms with van der Waals surface area (Å²) in [6, 6.07) is 26.3. The molecule has 152 valence electrons. The molecule has 0 N–H and O–H groups in total. The lowest BCUT2D eigenvalue weighted by Crippen LogP contribution is -2.23. The van der Waals surface area contributed by atoms with E-state index >= 15 is 0 Å². The molecule has 0 fully saturated rings. The van der Waals surface area contributed by atoms with Gasteiger partial charge in [-0.1, -0.05) is 48.5 Å². The average Bonchev–Trinajstić information content (AvgIpc) is 3.38. The number of ether oxygens (including phenoxy) is 2. The van der Waals surface area contributed by atoms with Crippen molar-refractivity contribution < 1.29 is 9.47 Å². The fourth-order valence-corrected chi connectivity index (χ4v) is 6.26. The highest BCUT2D eigenvalue weighted by Crippen LogP contribution is 2.57. The summed E-state index contributed by atoms with van der Waals surface area (Å²) in [4.78, 5) is 0. The van der Waals surface area contributed by atoms with Crippen molar-refractivity contribution in [3.8, 4) is 11.5 Å². The van der Waals surface area contributed by atoms with Gasteiger partial charge in [-0.3, -0.25) is 0 Å². The van der Waals surface area contributed by atoms with Crippen LogP contribution in [0.25, 0.3) is 10.8 Å². The van der Waals surface area contributed by atoms with E-state index in [9.17, 15) is 0 Å². The molecule has 4 aromatic carbocycles. The van der Waals surface area contributed by atoms with Gasteiger partial charge in [0.2, 0.25) is 0 Å². The second-order valence-corrected chi connectivity index (χ2v) is 9.21. The van der Waals surface area contributed by atoms with E-state index in [1.54, 1.807) is 0 Å². The van der Waals surface area contributed by atoms with Crippen LogP contribution in [0.1, 0.15) is 46.2 Å². The van der Waals surface area contributed by atoms with Gasteiger partial charge in [0, 0.05) is 16.5 Å². The van der Waals surface area contributed by atoms with Crippen LogP contribution in [0, 0.1) is 0 Å². The Balaban J connectivity index is 1.47. The Morgan fingerprint density at radius 3 is 1.58 bits per heavy atom. The van der Waals surface area contributed by atoms with Crippen LogP contribution in [0.2, 0.25) is 0 Å². The number of aryl methyl sites for hydroxylation is 2. The second kappa shape index (κ2) is 6.37. The summed E-state index contributed by atoms with van der Waals surface area (Å²) in [5.74, 6) is 2.11. The van der Waals surface area contributed by atoms with E-state index in [1.165, 1.54) is 44.2 Å². The third kappa shape index (κ3) is 2.45. The number of rotatable bonds is 0. The molecule has 2 heteroatoms. The van der Waals surface area contributed by atoms with Crippen LogP contribution in [-0.2, 0) is 31.5 Å². The molecule has 0 radical (unpaired) electrons. The molecular weight excluding hydrogens is 380 g/mol. The van der Waals surface area contributed by atoms with Gasteiger partial charge in [0.05, 0.1) is 0 Å². The van der Waals surface area contributed by atoms with E-state index in [4.69, 9.17) is 9.47 Å². The zero-order valence-electron chi connectivity index (χ0n) is 17.5. The topological polar surface area (TPSA) is 18.5 Å². The van der Waals surface area contributed by atoms with Crippen molar-refractivity contribution in [1.29, 1.82) is 0 Å². The summed E-state index contributed by atoms with van der Waals surface area (Å²) in [5, 5.41) is 2.49. The lowest BCUT2D eigenvalue weighted by atomic mass is 9.76. The Kier molecular flexibility index (Phi) is 3.58. The molecule has 2 nitrogen and oxygen atoms in total. The normalized spacial score (nSPS) is 17.7. The number of hydrogen-bond donors (Lipinski definition) is 0. The quantitative estimate of drug-likeness (QED) is 0.333. The zero-order chi connectivity index (χ0) is 20.4. The fourth-order valence-electron chi connectivity index (χ4n) is 6.26. The van der Waals surface area contributed by atoms with Crippen LogP contribution in [0.3, 0.4) is 0 Å². The Labute approximate surface area is 182 Å². The van der Waals surface area contributed by atoms with Gasteiger partial charge < -0.3 is 9.47 Å². The maximum atomic E-state index is 6.60. The van der Waals surface area contributed by atoms with Gasteiger partial charge in [-0.05, 0) is 83.0 Å². The number of benzene rings is 4. The number of fused-ring (bicyclic) bond motifs is 2. The Bertz CT molecular complexity index is 1250. The highest BCUT2D eigenvalue weighted by molar-refractivity contribution is 5.84. The van der Waals surface area contributed by atoms with Crippen molar-refractivity contribution in [1.82, 2.24) is 0 Å². The molecule has 1 heterocycles. The molecule has 0 saturated carbocycles. The van der Waals surface area contributed by atoms with Gasteiger partial charge in [0.15, 0.2) is 0 Å². The summed E-state index contributed by atoms with van der Waals surface area (Å²) in [5.41, 5.74) is 8.14. The molecule has 2 aliphatic carbocycles. The highest BCUT2D eigenvalue weighted by atomic mass is 16.5. The second-order valence-electron chi connectivity index (χ2n) is 9.21. The van der Waals surface area contributed by atoms with E-state index in [0.717, 1.165) is 37.2 Å². The summed E-state index contributed by atoms with van der Waals surface area (Å²) in [6.45, 7) is 1.14. The molecule has 0 unspecified atom stereocenters. The molecular formula is C29H24O2. The molecule has 0 aromatic heterocycles. The van der Waals surface area contributed by atoms with Crippen LogP contribution >= 0.6 is 0 Å². The first-order chi connectivity index (χ1) is 15.3. The standard InChI is InChI=1S/C29H24O2/c1-2-6-22-16-24-18-31-26-10-4-8-20-12-14-29(28(20)26)13-11-19-7-3-9-25(27(19)29)30-17-23(24)15-21(22)5-1/h1-10,15-16H,11-14,17-18H2. The first-order valence-electron chi connectivity index (χ1n) is 11.3. The predicted octanol–water partition coefficient (Wildman–Crippen LogP) is 6.49. The fraction of sp³-hybridized carbons (Fsp3) is 0.241. The lowest BCUT2D eigenvalue weighted by molar-refractivity contribution is 0.286. The van der Waals surface area contributed by atoms with Crippen molar-refractivity contribution in [2.24, 2.45) is 0 Å². The molecule has 4 aromatic rings. The van der Waals surface area contributed by atoms with E-state index in [-0.39, 0.29) is 5.41 Å². The van der Waals surface area contributed by atoms with Crippen LogP contribution in [0.5, 0.6) is 11.5 Å². The zero-order valence-corrected chi connectivity index (χ0v) is 17.5. The molecule has 3 aliphatic rings. The van der Waals surface area contributed by atoms with E-state index in [1.807, 2.05) is 0 Å². The Morgan fingerprint density at radius 1 is 0.548 bits per heavy atom. The van der Waals surface area contributed by atoms with Crippen molar-refractivity contribution >= 4 is 10.8 Å². The summed E-state index contributed by atoms with van der Waals surface area (Å²) in [6.07, 6.45) is 4.52. The van der Waals surface area contributed by atoms with Gasteiger partial charge in [-0.15, -0.1) is 0 Å². The largest absolute Gasteiger partial charge is 0.489 e. The monoisotopic (exact) mass is 404 g/mol. The van der Waals surface area contributed by atoms with Crippen LogP contribution in [-0.4, -0.2) is 0 Å². The van der Waals surface area contributed by atoms with E-state index in [2.05, 4.69) is 72.8 Å². The molecule has 0 bridgehead atoms.